The van der Waals surface area contributed by atoms with Crippen molar-refractivity contribution >= 4 is 10.1 Å². The molecular formula is C30H58O7STi. The van der Waals surface area contributed by atoms with Crippen LogP contribution < -0.4 is 20.4 Å². The Labute approximate surface area is 256 Å². The van der Waals surface area contributed by atoms with E-state index in [-0.39, 0.29) is 26.6 Å². The molecule has 0 amide bonds. The summed E-state index contributed by atoms with van der Waals surface area (Å²) >= 11 is 0. The van der Waals surface area contributed by atoms with Crippen LogP contribution in [-0.4, -0.2) is 37.4 Å². The zero-order valence-electron chi connectivity index (χ0n) is 26.2. The van der Waals surface area contributed by atoms with E-state index in [0.717, 1.165) is 18.4 Å². The number of rotatable bonds is 12. The van der Waals surface area contributed by atoms with Crippen LogP contribution >= 0.6 is 0 Å². The van der Waals surface area contributed by atoms with Crippen LogP contribution in [0, 0.1) is 0 Å². The first-order valence-electron chi connectivity index (χ1n) is 14.2. The number of aryl methyl sites for hydroxylation is 1. The van der Waals surface area contributed by atoms with Crippen LogP contribution in [-0.2, 0) is 38.3 Å². The molecule has 9 heteroatoms. The summed E-state index contributed by atoms with van der Waals surface area (Å²) in [5, 5.41) is 38.1. The molecule has 0 aromatic heterocycles. The molecule has 7 nitrogen and oxygen atoms in total. The Morgan fingerprint density at radius 1 is 0.615 bits per heavy atom. The minimum absolute atomic E-state index is 0. The standard InChI is InChI=1S/C18H30O3S.4C3H7O.Ti/c1-2-3-4-5-6-7-8-9-10-11-14-17-15-12-13-16-18(17)22(19,20)21;4*1-3(2)4;/h12-13,15-16H,2-11,14H2,1H3,(H,19,20,21);4*3H,1-2H3;/q;4*-1;+4. The Morgan fingerprint density at radius 2 is 0.897 bits per heavy atom. The van der Waals surface area contributed by atoms with Gasteiger partial charge in [-0.1, -0.05) is 138 Å². The molecule has 0 aliphatic rings. The van der Waals surface area contributed by atoms with Gasteiger partial charge in [0.15, 0.2) is 0 Å². The molecule has 0 heterocycles. The van der Waals surface area contributed by atoms with Crippen molar-refractivity contribution in [3.05, 3.63) is 29.8 Å². The average molecular weight is 611 g/mol. The van der Waals surface area contributed by atoms with Gasteiger partial charge >= 0.3 is 21.7 Å². The first kappa shape index (κ1) is 48.4. The van der Waals surface area contributed by atoms with Crippen molar-refractivity contribution in [1.29, 1.82) is 0 Å². The molecule has 0 unspecified atom stereocenters. The fourth-order valence-corrected chi connectivity index (χ4v) is 3.52. The Hall–Kier alpha value is -0.316. The summed E-state index contributed by atoms with van der Waals surface area (Å²) in [6, 6.07) is 6.73. The predicted molar refractivity (Wildman–Crippen MR) is 152 cm³/mol. The van der Waals surface area contributed by atoms with Gasteiger partial charge in [0.25, 0.3) is 10.1 Å². The van der Waals surface area contributed by atoms with E-state index in [0.29, 0.717) is 6.42 Å². The summed E-state index contributed by atoms with van der Waals surface area (Å²) in [6.07, 6.45) is 11.6. The van der Waals surface area contributed by atoms with Crippen LogP contribution in [0.2, 0.25) is 0 Å². The maximum atomic E-state index is 11.3. The van der Waals surface area contributed by atoms with Gasteiger partial charge in [0.05, 0.1) is 4.90 Å². The number of benzene rings is 1. The van der Waals surface area contributed by atoms with Crippen molar-refractivity contribution in [3.63, 3.8) is 0 Å². The Morgan fingerprint density at radius 3 is 1.21 bits per heavy atom. The quantitative estimate of drug-likeness (QED) is 0.209. The minimum atomic E-state index is -4.10. The molecule has 1 rings (SSSR count). The summed E-state index contributed by atoms with van der Waals surface area (Å²) in [6.45, 7) is 15.1. The minimum Gasteiger partial charge on any atom is -0.852 e. The summed E-state index contributed by atoms with van der Waals surface area (Å²) in [5.74, 6) is 0. The van der Waals surface area contributed by atoms with Crippen LogP contribution in [0.25, 0.3) is 0 Å². The largest absolute Gasteiger partial charge is 4.00 e. The van der Waals surface area contributed by atoms with Crippen LogP contribution in [0.3, 0.4) is 0 Å². The third kappa shape index (κ3) is 58.3. The molecule has 0 atom stereocenters. The van der Waals surface area contributed by atoms with Gasteiger partial charge in [0.1, 0.15) is 0 Å². The average Bonchev–Trinajstić information content (AvgIpc) is 2.73. The molecular weight excluding hydrogens is 552 g/mol. The summed E-state index contributed by atoms with van der Waals surface area (Å²) in [7, 11) is -4.10. The van der Waals surface area contributed by atoms with Crippen LogP contribution in [0.5, 0.6) is 0 Å². The third-order valence-electron chi connectivity index (χ3n) is 4.05. The third-order valence-corrected chi connectivity index (χ3v) is 5.00. The first-order chi connectivity index (χ1) is 17.5. The Kier molecular flexibility index (Phi) is 42.1. The second-order valence-corrected chi connectivity index (χ2v) is 11.6. The van der Waals surface area contributed by atoms with E-state index in [9.17, 15) is 33.4 Å². The molecule has 1 N–H and O–H groups in total. The van der Waals surface area contributed by atoms with E-state index in [1.54, 1.807) is 67.5 Å². The van der Waals surface area contributed by atoms with Gasteiger partial charge in [-0.15, -0.1) is 24.4 Å². The maximum absolute atomic E-state index is 11.3. The number of unbranched alkanes of at least 4 members (excludes halogenated alkanes) is 9. The first-order valence-corrected chi connectivity index (χ1v) is 15.6. The van der Waals surface area contributed by atoms with Crippen molar-refractivity contribution in [2.45, 2.75) is 162 Å². The smallest absolute Gasteiger partial charge is 0.852 e. The normalized spacial score (nSPS) is 10.3. The van der Waals surface area contributed by atoms with Crippen molar-refractivity contribution in [2.75, 3.05) is 0 Å². The molecule has 1 aromatic rings. The molecule has 0 aliphatic carbocycles. The fraction of sp³-hybridized carbons (Fsp3) is 0.800. The molecule has 0 aliphatic heterocycles. The second-order valence-electron chi connectivity index (χ2n) is 10.2. The molecule has 0 spiro atoms. The van der Waals surface area contributed by atoms with Crippen LogP contribution in [0.15, 0.2) is 29.2 Å². The van der Waals surface area contributed by atoms with Gasteiger partial charge in [0, 0.05) is 0 Å². The van der Waals surface area contributed by atoms with Gasteiger partial charge in [-0.05, 0) is 24.5 Å². The maximum Gasteiger partial charge on any atom is 4.00 e. The van der Waals surface area contributed by atoms with Gasteiger partial charge < -0.3 is 20.4 Å². The van der Waals surface area contributed by atoms with E-state index < -0.39 is 34.5 Å². The van der Waals surface area contributed by atoms with E-state index in [4.69, 9.17) is 0 Å². The van der Waals surface area contributed by atoms with Crippen molar-refractivity contribution in [2.24, 2.45) is 0 Å². The molecule has 230 valence electrons. The number of hydrogen-bond acceptors (Lipinski definition) is 6. The summed E-state index contributed by atoms with van der Waals surface area (Å²) in [4.78, 5) is 0.0610. The molecule has 0 radical (unpaired) electrons. The number of hydrogen-bond donors (Lipinski definition) is 1. The SMILES string of the molecule is CC(C)[O-].CC(C)[O-].CC(C)[O-].CC(C)[O-].CCCCCCCCCCCCc1ccccc1S(=O)(=O)O.[Ti+4]. The summed E-state index contributed by atoms with van der Waals surface area (Å²) < 4.78 is 31.8. The molecule has 0 bridgehead atoms. The topological polar surface area (TPSA) is 147 Å². The van der Waals surface area contributed by atoms with Crippen LogP contribution in [0.1, 0.15) is 132 Å². The van der Waals surface area contributed by atoms with E-state index in [1.165, 1.54) is 57.4 Å². The van der Waals surface area contributed by atoms with Crippen LogP contribution in [0.4, 0.5) is 0 Å². The fourth-order valence-electron chi connectivity index (χ4n) is 2.76. The molecule has 0 fully saturated rings. The van der Waals surface area contributed by atoms with Gasteiger partial charge in [0.2, 0.25) is 0 Å². The van der Waals surface area contributed by atoms with E-state index in [1.807, 2.05) is 6.07 Å². The van der Waals surface area contributed by atoms with E-state index in [2.05, 4.69) is 6.92 Å². The molecule has 1 aromatic carbocycles. The zero-order valence-corrected chi connectivity index (χ0v) is 28.6. The monoisotopic (exact) mass is 610 g/mol. The van der Waals surface area contributed by atoms with Gasteiger partial charge in [-0.3, -0.25) is 4.55 Å². The predicted octanol–water partition coefficient (Wildman–Crippen LogP) is 4.41. The van der Waals surface area contributed by atoms with Gasteiger partial charge in [-0.25, -0.2) is 0 Å². The zero-order chi connectivity index (χ0) is 30.6. The molecule has 0 saturated heterocycles. The van der Waals surface area contributed by atoms with Gasteiger partial charge in [-0.2, -0.15) is 8.42 Å². The second kappa shape index (κ2) is 33.9. The molecule has 39 heavy (non-hydrogen) atoms. The van der Waals surface area contributed by atoms with Crippen molar-refractivity contribution < 1.29 is 55.1 Å². The Balaban J connectivity index is -0.000000186. The van der Waals surface area contributed by atoms with Crippen molar-refractivity contribution in [3.8, 4) is 0 Å². The Bertz CT molecular complexity index is 659. The summed E-state index contributed by atoms with van der Waals surface area (Å²) in [5.41, 5.74) is 0.726. The van der Waals surface area contributed by atoms with E-state index >= 15 is 0 Å². The van der Waals surface area contributed by atoms with Crippen molar-refractivity contribution in [1.82, 2.24) is 0 Å². The molecule has 0 saturated carbocycles.